The number of hydrogen-bond acceptors (Lipinski definition) is 6. The Labute approximate surface area is 137 Å². The molecule has 0 aliphatic carbocycles. The van der Waals surface area contributed by atoms with Gasteiger partial charge < -0.3 is 19.0 Å². The van der Waals surface area contributed by atoms with Gasteiger partial charge in [-0.05, 0) is 24.3 Å². The van der Waals surface area contributed by atoms with E-state index in [2.05, 4.69) is 25.9 Å². The Hall–Kier alpha value is -2.93. The molecule has 24 heavy (non-hydrogen) atoms. The smallest absolute Gasteiger partial charge is 0.215 e. The van der Waals surface area contributed by atoms with E-state index in [1.807, 2.05) is 24.4 Å². The van der Waals surface area contributed by atoms with Crippen LogP contribution >= 0.6 is 0 Å². The van der Waals surface area contributed by atoms with Crippen molar-refractivity contribution >= 4 is 28.0 Å². The lowest BCUT2D eigenvalue weighted by Gasteiger charge is -2.27. The lowest BCUT2D eigenvalue weighted by molar-refractivity contribution is 0.122. The highest BCUT2D eigenvalue weighted by atomic mass is 16.5. The van der Waals surface area contributed by atoms with Crippen LogP contribution < -0.4 is 4.90 Å². The maximum absolute atomic E-state index is 5.53. The summed E-state index contributed by atoms with van der Waals surface area (Å²) in [5.74, 6) is 1.44. The van der Waals surface area contributed by atoms with Gasteiger partial charge in [-0.25, -0.2) is 9.97 Å². The number of fused-ring (bicyclic) bond motifs is 2. The Morgan fingerprint density at radius 2 is 2.00 bits per heavy atom. The van der Waals surface area contributed by atoms with Crippen LogP contribution in [0.25, 0.3) is 33.5 Å². The molecular weight excluding hydrogens is 306 g/mol. The third kappa shape index (κ3) is 2.13. The minimum absolute atomic E-state index is 0.579. The SMILES string of the molecule is c1cc2cc(-c3nc(N4CCOCC4)c4ocnc4n3)ccc2[nH]1. The lowest BCUT2D eigenvalue weighted by atomic mass is 10.1. The summed E-state index contributed by atoms with van der Waals surface area (Å²) in [5.41, 5.74) is 3.26. The molecule has 0 bridgehead atoms. The average Bonchev–Trinajstić information content (AvgIpc) is 3.29. The number of nitrogens with zero attached hydrogens (tertiary/aromatic N) is 4. The van der Waals surface area contributed by atoms with Crippen LogP contribution in [0.15, 0.2) is 41.3 Å². The quantitative estimate of drug-likeness (QED) is 0.611. The van der Waals surface area contributed by atoms with Crippen molar-refractivity contribution in [2.75, 3.05) is 31.2 Å². The Kier molecular flexibility index (Phi) is 2.99. The minimum Gasteiger partial charge on any atom is -0.438 e. The van der Waals surface area contributed by atoms with Crippen molar-refractivity contribution < 1.29 is 9.15 Å². The molecule has 1 aromatic carbocycles. The van der Waals surface area contributed by atoms with Crippen molar-refractivity contribution in [3.8, 4) is 11.4 Å². The Morgan fingerprint density at radius 1 is 1.08 bits per heavy atom. The molecule has 0 unspecified atom stereocenters. The highest BCUT2D eigenvalue weighted by molar-refractivity contribution is 5.87. The fourth-order valence-electron chi connectivity index (χ4n) is 3.06. The number of benzene rings is 1. The maximum atomic E-state index is 5.53. The molecule has 0 amide bonds. The van der Waals surface area contributed by atoms with E-state index >= 15 is 0 Å². The average molecular weight is 321 g/mol. The topological polar surface area (TPSA) is 80.1 Å². The van der Waals surface area contributed by atoms with Gasteiger partial charge in [-0.15, -0.1) is 0 Å². The zero-order valence-corrected chi connectivity index (χ0v) is 12.9. The second kappa shape index (κ2) is 5.31. The Bertz CT molecular complexity index is 1020. The van der Waals surface area contributed by atoms with Crippen LogP contribution in [0, 0.1) is 0 Å². The third-order valence-electron chi connectivity index (χ3n) is 4.30. The van der Waals surface area contributed by atoms with Gasteiger partial charge in [0.15, 0.2) is 18.0 Å². The zero-order valence-electron chi connectivity index (χ0n) is 12.9. The molecule has 5 rings (SSSR count). The molecule has 7 heteroatoms. The van der Waals surface area contributed by atoms with Crippen LogP contribution in [0.3, 0.4) is 0 Å². The molecule has 1 aliphatic rings. The maximum Gasteiger partial charge on any atom is 0.215 e. The molecule has 0 saturated carbocycles. The predicted molar refractivity (Wildman–Crippen MR) is 89.9 cm³/mol. The Morgan fingerprint density at radius 3 is 2.92 bits per heavy atom. The molecule has 1 N–H and O–H groups in total. The van der Waals surface area contributed by atoms with E-state index in [9.17, 15) is 0 Å². The molecule has 120 valence electrons. The van der Waals surface area contributed by atoms with Crippen LogP contribution in [0.4, 0.5) is 5.82 Å². The number of aromatic nitrogens is 4. The summed E-state index contributed by atoms with van der Waals surface area (Å²) < 4.78 is 11.0. The minimum atomic E-state index is 0.579. The molecule has 0 spiro atoms. The van der Waals surface area contributed by atoms with E-state index in [0.29, 0.717) is 30.3 Å². The van der Waals surface area contributed by atoms with Gasteiger partial charge in [0, 0.05) is 35.8 Å². The second-order valence-corrected chi connectivity index (χ2v) is 5.76. The molecule has 4 heterocycles. The van der Waals surface area contributed by atoms with Crippen LogP contribution in [0.2, 0.25) is 0 Å². The van der Waals surface area contributed by atoms with Crippen molar-refractivity contribution in [1.82, 2.24) is 19.9 Å². The van der Waals surface area contributed by atoms with Gasteiger partial charge >= 0.3 is 0 Å². The number of hydrogen-bond donors (Lipinski definition) is 1. The third-order valence-corrected chi connectivity index (χ3v) is 4.30. The standard InChI is InChI=1S/C17H15N5O2/c1-2-13-11(3-4-18-13)9-12(1)15-20-16-14(24-10-19-16)17(21-15)22-5-7-23-8-6-22/h1-4,9-10,18H,5-8H2. The van der Waals surface area contributed by atoms with Crippen LogP contribution in [-0.4, -0.2) is 46.2 Å². The number of ether oxygens (including phenoxy) is 1. The van der Waals surface area contributed by atoms with Crippen molar-refractivity contribution in [2.24, 2.45) is 0 Å². The molecule has 1 saturated heterocycles. The first-order chi connectivity index (χ1) is 11.9. The number of rotatable bonds is 2. The number of H-pyrrole nitrogens is 1. The number of nitrogens with one attached hydrogen (secondary N) is 1. The van der Waals surface area contributed by atoms with E-state index in [-0.39, 0.29) is 0 Å². The molecule has 7 nitrogen and oxygen atoms in total. The van der Waals surface area contributed by atoms with E-state index in [1.165, 1.54) is 6.39 Å². The lowest BCUT2D eigenvalue weighted by Crippen LogP contribution is -2.37. The molecule has 1 aliphatic heterocycles. The van der Waals surface area contributed by atoms with Crippen molar-refractivity contribution in [2.45, 2.75) is 0 Å². The fourth-order valence-corrected chi connectivity index (χ4v) is 3.06. The fraction of sp³-hybridized carbons (Fsp3) is 0.235. The van der Waals surface area contributed by atoms with Gasteiger partial charge in [0.25, 0.3) is 0 Å². The normalized spacial score (nSPS) is 15.4. The molecule has 0 atom stereocenters. The number of oxazole rings is 1. The summed E-state index contributed by atoms with van der Waals surface area (Å²) in [6.45, 7) is 2.93. The van der Waals surface area contributed by atoms with Crippen molar-refractivity contribution in [1.29, 1.82) is 0 Å². The Balaban J connectivity index is 1.67. The van der Waals surface area contributed by atoms with Gasteiger partial charge in [0.05, 0.1) is 13.2 Å². The summed E-state index contributed by atoms with van der Waals surface area (Å²) in [6, 6.07) is 8.17. The molecule has 1 fully saturated rings. The zero-order chi connectivity index (χ0) is 15.9. The molecular formula is C17H15N5O2. The van der Waals surface area contributed by atoms with Crippen molar-refractivity contribution in [3.05, 3.63) is 36.9 Å². The van der Waals surface area contributed by atoms with Gasteiger partial charge in [0.2, 0.25) is 11.2 Å². The monoisotopic (exact) mass is 321 g/mol. The largest absolute Gasteiger partial charge is 0.438 e. The first-order valence-electron chi connectivity index (χ1n) is 7.90. The highest BCUT2D eigenvalue weighted by Gasteiger charge is 2.20. The van der Waals surface area contributed by atoms with E-state index in [1.54, 1.807) is 0 Å². The van der Waals surface area contributed by atoms with Gasteiger partial charge in [-0.2, -0.15) is 4.98 Å². The number of aromatic amines is 1. The summed E-state index contributed by atoms with van der Waals surface area (Å²) in [7, 11) is 0. The highest BCUT2D eigenvalue weighted by Crippen LogP contribution is 2.28. The number of morpholine rings is 1. The van der Waals surface area contributed by atoms with E-state index < -0.39 is 0 Å². The number of anilines is 1. The summed E-state index contributed by atoms with van der Waals surface area (Å²) in [6.07, 6.45) is 3.34. The van der Waals surface area contributed by atoms with Crippen LogP contribution in [-0.2, 0) is 4.74 Å². The first kappa shape index (κ1) is 13.5. The van der Waals surface area contributed by atoms with Gasteiger partial charge in [-0.1, -0.05) is 0 Å². The van der Waals surface area contributed by atoms with Gasteiger partial charge in [0.1, 0.15) is 0 Å². The van der Waals surface area contributed by atoms with Gasteiger partial charge in [-0.3, -0.25) is 0 Å². The van der Waals surface area contributed by atoms with E-state index in [0.717, 1.165) is 35.4 Å². The first-order valence-corrected chi connectivity index (χ1v) is 7.90. The van der Waals surface area contributed by atoms with Crippen LogP contribution in [0.1, 0.15) is 0 Å². The van der Waals surface area contributed by atoms with Crippen molar-refractivity contribution in [3.63, 3.8) is 0 Å². The summed E-state index contributed by atoms with van der Waals surface area (Å²) >= 11 is 0. The van der Waals surface area contributed by atoms with E-state index in [4.69, 9.17) is 14.1 Å². The summed E-state index contributed by atoms with van der Waals surface area (Å²) in [5, 5.41) is 1.13. The van der Waals surface area contributed by atoms with Crippen LogP contribution in [0.5, 0.6) is 0 Å². The summed E-state index contributed by atoms with van der Waals surface area (Å²) in [4.78, 5) is 18.9. The molecule has 0 radical (unpaired) electrons. The second-order valence-electron chi connectivity index (χ2n) is 5.76. The predicted octanol–water partition coefficient (Wildman–Crippen LogP) is 2.60. The molecule has 4 aromatic rings. The molecule has 3 aromatic heterocycles.